The van der Waals surface area contributed by atoms with E-state index in [9.17, 15) is 4.79 Å². The lowest BCUT2D eigenvalue weighted by molar-refractivity contribution is -0.113. The number of nitrogens with zero attached hydrogens (tertiary/aromatic N) is 1. The number of thioether (sulfide) groups is 1. The van der Waals surface area contributed by atoms with Crippen molar-refractivity contribution in [2.45, 2.75) is 31.9 Å². The molecule has 0 aliphatic carbocycles. The van der Waals surface area contributed by atoms with Gasteiger partial charge in [0, 0.05) is 27.8 Å². The third kappa shape index (κ3) is 4.38. The predicted molar refractivity (Wildman–Crippen MR) is 86.4 cm³/mol. The van der Waals surface area contributed by atoms with Crippen LogP contribution in [-0.2, 0) is 16.0 Å². The molecule has 0 saturated heterocycles. The fourth-order valence-corrected chi connectivity index (χ4v) is 3.26. The van der Waals surface area contributed by atoms with Gasteiger partial charge in [0.2, 0.25) is 5.91 Å². The first kappa shape index (κ1) is 15.1. The number of anilines is 1. The molecule has 0 spiro atoms. The van der Waals surface area contributed by atoms with E-state index in [4.69, 9.17) is 0 Å². The summed E-state index contributed by atoms with van der Waals surface area (Å²) in [5.41, 5.74) is 1.02. The standard InChI is InChI=1S/C14H19N3OS2/c1-14(2,3)11-7-12(17-16-11)15-13(18)9-19-8-10-5-4-6-20-10/h4-7H,8-9H2,1-3H3,(H2,15,16,17,18). The number of nitrogens with one attached hydrogen (secondary N) is 2. The fraction of sp³-hybridized carbons (Fsp3) is 0.429. The predicted octanol–water partition coefficient (Wildman–Crippen LogP) is 3.64. The molecule has 0 radical (unpaired) electrons. The summed E-state index contributed by atoms with van der Waals surface area (Å²) in [4.78, 5) is 13.1. The maximum atomic E-state index is 11.8. The molecule has 2 aromatic heterocycles. The average molecular weight is 309 g/mol. The van der Waals surface area contributed by atoms with Crippen molar-refractivity contribution in [3.8, 4) is 0 Å². The van der Waals surface area contributed by atoms with Crippen LogP contribution in [0.15, 0.2) is 23.6 Å². The highest BCUT2D eigenvalue weighted by Gasteiger charge is 2.17. The molecular weight excluding hydrogens is 290 g/mol. The lowest BCUT2D eigenvalue weighted by Crippen LogP contribution is -2.14. The molecule has 0 aromatic carbocycles. The summed E-state index contributed by atoms with van der Waals surface area (Å²) >= 11 is 3.33. The molecule has 0 saturated carbocycles. The highest BCUT2D eigenvalue weighted by molar-refractivity contribution is 7.99. The Bertz CT molecular complexity index is 555. The summed E-state index contributed by atoms with van der Waals surface area (Å²) in [6.45, 7) is 6.30. The van der Waals surface area contributed by atoms with Crippen LogP contribution < -0.4 is 5.32 Å². The second-order valence-electron chi connectivity index (χ2n) is 5.54. The van der Waals surface area contributed by atoms with Gasteiger partial charge in [-0.1, -0.05) is 26.8 Å². The Morgan fingerprint density at radius 1 is 1.50 bits per heavy atom. The lowest BCUT2D eigenvalue weighted by atomic mass is 9.92. The number of hydrogen-bond acceptors (Lipinski definition) is 4. The number of amides is 1. The van der Waals surface area contributed by atoms with E-state index < -0.39 is 0 Å². The van der Waals surface area contributed by atoms with Gasteiger partial charge in [0.15, 0.2) is 5.82 Å². The van der Waals surface area contributed by atoms with Crippen LogP contribution in [0.25, 0.3) is 0 Å². The maximum Gasteiger partial charge on any atom is 0.235 e. The van der Waals surface area contributed by atoms with Crippen LogP contribution in [0.4, 0.5) is 5.82 Å². The van der Waals surface area contributed by atoms with Crippen LogP contribution in [0.5, 0.6) is 0 Å². The van der Waals surface area contributed by atoms with Gasteiger partial charge >= 0.3 is 0 Å². The summed E-state index contributed by atoms with van der Waals surface area (Å²) in [7, 11) is 0. The van der Waals surface area contributed by atoms with Crippen LogP contribution in [0.2, 0.25) is 0 Å². The van der Waals surface area contributed by atoms with Gasteiger partial charge in [-0.05, 0) is 11.4 Å². The van der Waals surface area contributed by atoms with Crippen LogP contribution in [0.3, 0.4) is 0 Å². The molecule has 0 unspecified atom stereocenters. The third-order valence-electron chi connectivity index (χ3n) is 2.71. The van der Waals surface area contributed by atoms with Gasteiger partial charge in [0.25, 0.3) is 0 Å². The Morgan fingerprint density at radius 2 is 2.30 bits per heavy atom. The summed E-state index contributed by atoms with van der Waals surface area (Å²) in [5, 5.41) is 11.9. The minimum absolute atomic E-state index is 0.00387. The van der Waals surface area contributed by atoms with Crippen LogP contribution in [-0.4, -0.2) is 21.9 Å². The van der Waals surface area contributed by atoms with Crippen molar-refractivity contribution < 1.29 is 4.79 Å². The number of aromatic nitrogens is 2. The fourth-order valence-electron chi connectivity index (χ4n) is 1.59. The molecule has 0 aliphatic rings. The van der Waals surface area contributed by atoms with E-state index in [1.165, 1.54) is 4.88 Å². The summed E-state index contributed by atoms with van der Waals surface area (Å²) in [6, 6.07) is 6.00. The van der Waals surface area contributed by atoms with Crippen molar-refractivity contribution in [2.75, 3.05) is 11.1 Å². The van der Waals surface area contributed by atoms with Crippen molar-refractivity contribution in [1.82, 2.24) is 10.2 Å². The van der Waals surface area contributed by atoms with Gasteiger partial charge in [-0.25, -0.2) is 0 Å². The van der Waals surface area contributed by atoms with Crippen LogP contribution >= 0.6 is 23.1 Å². The van der Waals surface area contributed by atoms with Crippen LogP contribution in [0, 0.1) is 0 Å². The SMILES string of the molecule is CC(C)(C)c1cc(NC(=O)CSCc2cccs2)n[nH]1. The number of aromatic amines is 1. The molecular formula is C14H19N3OS2. The molecule has 2 heterocycles. The minimum Gasteiger partial charge on any atom is -0.308 e. The Labute approximate surface area is 127 Å². The van der Waals surface area contributed by atoms with Gasteiger partial charge in [-0.15, -0.1) is 23.1 Å². The molecule has 0 aliphatic heterocycles. The summed E-state index contributed by atoms with van der Waals surface area (Å²) in [6.07, 6.45) is 0. The highest BCUT2D eigenvalue weighted by Crippen LogP contribution is 2.22. The summed E-state index contributed by atoms with van der Waals surface area (Å²) < 4.78 is 0. The molecule has 20 heavy (non-hydrogen) atoms. The summed E-state index contributed by atoms with van der Waals surface area (Å²) in [5.74, 6) is 1.89. The molecule has 2 rings (SSSR count). The van der Waals surface area contributed by atoms with E-state index in [1.54, 1.807) is 23.1 Å². The minimum atomic E-state index is -0.0153. The largest absolute Gasteiger partial charge is 0.308 e. The molecule has 2 aromatic rings. The lowest BCUT2D eigenvalue weighted by Gasteiger charge is -2.14. The van der Waals surface area contributed by atoms with E-state index in [0.717, 1.165) is 11.4 Å². The highest BCUT2D eigenvalue weighted by atomic mass is 32.2. The van der Waals surface area contributed by atoms with Gasteiger partial charge < -0.3 is 5.32 Å². The van der Waals surface area contributed by atoms with Crippen LogP contribution in [0.1, 0.15) is 31.3 Å². The Kier molecular flexibility index (Phi) is 4.88. The normalized spacial score (nSPS) is 11.6. The monoisotopic (exact) mass is 309 g/mol. The van der Waals surface area contributed by atoms with E-state index in [-0.39, 0.29) is 11.3 Å². The first-order chi connectivity index (χ1) is 9.45. The Balaban J connectivity index is 1.78. The van der Waals surface area contributed by atoms with E-state index in [2.05, 4.69) is 42.4 Å². The Morgan fingerprint density at radius 3 is 2.90 bits per heavy atom. The van der Waals surface area contributed by atoms with Gasteiger partial charge in [-0.2, -0.15) is 5.10 Å². The molecule has 6 heteroatoms. The van der Waals surface area contributed by atoms with Gasteiger partial charge in [-0.3, -0.25) is 9.89 Å². The number of hydrogen-bond donors (Lipinski definition) is 2. The number of thiophene rings is 1. The van der Waals surface area contributed by atoms with Gasteiger partial charge in [0.05, 0.1) is 5.75 Å². The number of H-pyrrole nitrogens is 1. The van der Waals surface area contributed by atoms with Crippen molar-refractivity contribution >= 4 is 34.8 Å². The molecule has 108 valence electrons. The van der Waals surface area contributed by atoms with Crippen molar-refractivity contribution in [3.05, 3.63) is 34.2 Å². The first-order valence-corrected chi connectivity index (χ1v) is 8.44. The molecule has 2 N–H and O–H groups in total. The second-order valence-corrected chi connectivity index (χ2v) is 7.56. The van der Waals surface area contributed by atoms with Crippen molar-refractivity contribution in [2.24, 2.45) is 0 Å². The zero-order chi connectivity index (χ0) is 14.6. The van der Waals surface area contributed by atoms with E-state index in [0.29, 0.717) is 11.6 Å². The topological polar surface area (TPSA) is 57.8 Å². The molecule has 0 fully saturated rings. The zero-order valence-electron chi connectivity index (χ0n) is 11.9. The smallest absolute Gasteiger partial charge is 0.235 e. The second kappa shape index (κ2) is 6.45. The molecule has 0 atom stereocenters. The van der Waals surface area contributed by atoms with E-state index in [1.807, 2.05) is 17.5 Å². The zero-order valence-corrected chi connectivity index (χ0v) is 13.5. The average Bonchev–Trinajstić information content (AvgIpc) is 2.98. The quantitative estimate of drug-likeness (QED) is 0.886. The van der Waals surface area contributed by atoms with Gasteiger partial charge in [0.1, 0.15) is 0 Å². The molecule has 1 amide bonds. The van der Waals surface area contributed by atoms with Crippen molar-refractivity contribution in [1.29, 1.82) is 0 Å². The Hall–Kier alpha value is -1.27. The first-order valence-electron chi connectivity index (χ1n) is 6.41. The third-order valence-corrected chi connectivity index (χ3v) is 4.75. The molecule has 0 bridgehead atoms. The van der Waals surface area contributed by atoms with Crippen molar-refractivity contribution in [3.63, 3.8) is 0 Å². The number of carbonyl (C=O) groups is 1. The maximum absolute atomic E-state index is 11.8. The molecule has 4 nitrogen and oxygen atoms in total. The number of rotatable bonds is 5. The van der Waals surface area contributed by atoms with E-state index >= 15 is 0 Å². The number of carbonyl (C=O) groups excluding carboxylic acids is 1.